The first-order valence-electron chi connectivity index (χ1n) is 5.45. The Hall–Kier alpha value is -2.17. The number of benzene rings is 1. The van der Waals surface area contributed by atoms with E-state index in [2.05, 4.69) is 4.74 Å². The van der Waals surface area contributed by atoms with Crippen LogP contribution in [-0.2, 0) is 14.3 Å². The van der Waals surface area contributed by atoms with E-state index in [1.807, 2.05) is 0 Å². The highest BCUT2D eigenvalue weighted by atomic mass is 19.1. The second-order valence-corrected chi connectivity index (χ2v) is 3.70. The minimum atomic E-state index is -0.971. The van der Waals surface area contributed by atoms with Crippen molar-refractivity contribution in [3.8, 4) is 0 Å². The van der Waals surface area contributed by atoms with E-state index in [0.717, 1.165) is 6.07 Å². The molecule has 0 saturated heterocycles. The normalized spacial score (nSPS) is 17.1. The third kappa shape index (κ3) is 1.88. The van der Waals surface area contributed by atoms with E-state index >= 15 is 0 Å². The van der Waals surface area contributed by atoms with E-state index in [9.17, 15) is 14.0 Å². The van der Waals surface area contributed by atoms with Crippen LogP contribution in [0.2, 0.25) is 0 Å². The van der Waals surface area contributed by atoms with Gasteiger partial charge in [0.2, 0.25) is 0 Å². The van der Waals surface area contributed by atoms with Crippen LogP contribution in [0.25, 0.3) is 5.57 Å². The smallest absolute Gasteiger partial charge is 0.350 e. The lowest BCUT2D eigenvalue weighted by molar-refractivity contribution is -0.131. The molecule has 0 aromatic heterocycles. The molecule has 0 unspecified atom stereocenters. The molecule has 1 aliphatic heterocycles. The molecule has 1 heterocycles. The van der Waals surface area contributed by atoms with Crippen molar-refractivity contribution in [1.29, 1.82) is 0 Å². The summed E-state index contributed by atoms with van der Waals surface area (Å²) in [5.41, 5.74) is 0.0688. The van der Waals surface area contributed by atoms with Crippen LogP contribution < -0.4 is 0 Å². The van der Waals surface area contributed by atoms with Crippen LogP contribution in [-0.4, -0.2) is 18.5 Å². The molecule has 1 aromatic rings. The van der Waals surface area contributed by atoms with Crippen LogP contribution in [0.4, 0.5) is 4.39 Å². The number of allylic oxidation sites excluding steroid dienone is 1. The Balaban J connectivity index is 2.68. The monoisotopic (exact) mass is 250 g/mol. The van der Waals surface area contributed by atoms with Gasteiger partial charge in [0.1, 0.15) is 22.7 Å². The SMILES string of the molecule is CCO/C(C)=C1/C(=O)OC(=O)c2c(F)cccc21. The Morgan fingerprint density at radius 3 is 2.72 bits per heavy atom. The number of cyclic esters (lactones) is 2. The number of fused-ring (bicyclic) bond motifs is 1. The Labute approximate surface area is 103 Å². The average molecular weight is 250 g/mol. The number of carbonyl (C=O) groups is 2. The molecule has 0 fully saturated rings. The predicted molar refractivity (Wildman–Crippen MR) is 61.0 cm³/mol. The van der Waals surface area contributed by atoms with Gasteiger partial charge in [-0.1, -0.05) is 12.1 Å². The van der Waals surface area contributed by atoms with Gasteiger partial charge in [0.15, 0.2) is 0 Å². The van der Waals surface area contributed by atoms with Gasteiger partial charge in [-0.25, -0.2) is 14.0 Å². The first kappa shape index (κ1) is 12.3. The molecular weight excluding hydrogens is 239 g/mol. The van der Waals surface area contributed by atoms with Gasteiger partial charge in [-0.15, -0.1) is 0 Å². The van der Waals surface area contributed by atoms with Gasteiger partial charge in [0.25, 0.3) is 0 Å². The second-order valence-electron chi connectivity index (χ2n) is 3.70. The molecule has 0 aliphatic carbocycles. The highest BCUT2D eigenvalue weighted by molar-refractivity contribution is 6.26. The van der Waals surface area contributed by atoms with Gasteiger partial charge in [0.05, 0.1) is 6.61 Å². The van der Waals surface area contributed by atoms with Crippen LogP contribution >= 0.6 is 0 Å². The molecule has 1 aromatic carbocycles. The summed E-state index contributed by atoms with van der Waals surface area (Å²) in [5, 5.41) is 0. The van der Waals surface area contributed by atoms with Crippen molar-refractivity contribution in [1.82, 2.24) is 0 Å². The lowest BCUT2D eigenvalue weighted by atomic mass is 9.96. The molecule has 18 heavy (non-hydrogen) atoms. The molecule has 0 amide bonds. The molecule has 0 bridgehead atoms. The van der Waals surface area contributed by atoms with Crippen molar-refractivity contribution >= 4 is 17.5 Å². The van der Waals surface area contributed by atoms with E-state index in [-0.39, 0.29) is 16.7 Å². The molecule has 0 spiro atoms. The van der Waals surface area contributed by atoms with Crippen molar-refractivity contribution in [2.24, 2.45) is 0 Å². The number of esters is 2. The molecule has 0 radical (unpaired) electrons. The van der Waals surface area contributed by atoms with Crippen LogP contribution in [0.1, 0.15) is 29.8 Å². The van der Waals surface area contributed by atoms with Crippen molar-refractivity contribution in [3.63, 3.8) is 0 Å². The second kappa shape index (κ2) is 4.60. The van der Waals surface area contributed by atoms with Crippen LogP contribution in [0.15, 0.2) is 24.0 Å². The zero-order chi connectivity index (χ0) is 13.3. The lowest BCUT2D eigenvalue weighted by Gasteiger charge is -2.19. The van der Waals surface area contributed by atoms with E-state index in [1.165, 1.54) is 12.1 Å². The molecule has 94 valence electrons. The van der Waals surface area contributed by atoms with Crippen molar-refractivity contribution in [2.45, 2.75) is 13.8 Å². The molecule has 0 atom stereocenters. The molecule has 1 aliphatic rings. The number of hydrogen-bond donors (Lipinski definition) is 0. The Kier molecular flexibility index (Phi) is 3.14. The zero-order valence-corrected chi connectivity index (χ0v) is 9.95. The summed E-state index contributed by atoms with van der Waals surface area (Å²) in [4.78, 5) is 23.2. The fourth-order valence-electron chi connectivity index (χ4n) is 1.86. The fourth-order valence-corrected chi connectivity index (χ4v) is 1.86. The molecule has 4 nitrogen and oxygen atoms in total. The Bertz CT molecular complexity index is 560. The first-order valence-corrected chi connectivity index (χ1v) is 5.45. The summed E-state index contributed by atoms with van der Waals surface area (Å²) in [6.07, 6.45) is 0. The maximum absolute atomic E-state index is 13.6. The third-order valence-corrected chi connectivity index (χ3v) is 2.59. The van der Waals surface area contributed by atoms with Crippen molar-refractivity contribution in [2.75, 3.05) is 6.61 Å². The standard InChI is InChI=1S/C13H11FO4/c1-3-17-7(2)10-8-5-4-6-9(14)11(8)13(16)18-12(10)15/h4-6H,3H2,1-2H3/b10-7+. The minimum absolute atomic E-state index is 0.0888. The summed E-state index contributed by atoms with van der Waals surface area (Å²) < 4.78 is 23.3. The topological polar surface area (TPSA) is 52.6 Å². The zero-order valence-electron chi connectivity index (χ0n) is 9.95. The van der Waals surface area contributed by atoms with E-state index < -0.39 is 17.8 Å². The Morgan fingerprint density at radius 1 is 1.33 bits per heavy atom. The third-order valence-electron chi connectivity index (χ3n) is 2.59. The summed E-state index contributed by atoms with van der Waals surface area (Å²) >= 11 is 0. The van der Waals surface area contributed by atoms with Gasteiger partial charge >= 0.3 is 11.9 Å². The molecule has 0 saturated carbocycles. The van der Waals surface area contributed by atoms with Crippen LogP contribution in [0.3, 0.4) is 0 Å². The number of hydrogen-bond acceptors (Lipinski definition) is 4. The Morgan fingerprint density at radius 2 is 2.06 bits per heavy atom. The van der Waals surface area contributed by atoms with Crippen LogP contribution in [0.5, 0.6) is 0 Å². The number of halogens is 1. The predicted octanol–water partition coefficient (Wildman–Crippen LogP) is 2.29. The molecule has 2 rings (SSSR count). The summed E-state index contributed by atoms with van der Waals surface area (Å²) in [6.45, 7) is 3.70. The fraction of sp³-hybridized carbons (Fsp3) is 0.231. The van der Waals surface area contributed by atoms with Crippen LogP contribution in [0, 0.1) is 5.82 Å². The number of ether oxygens (including phenoxy) is 2. The van der Waals surface area contributed by atoms with E-state index in [0.29, 0.717) is 12.4 Å². The largest absolute Gasteiger partial charge is 0.498 e. The maximum Gasteiger partial charge on any atom is 0.350 e. The van der Waals surface area contributed by atoms with E-state index in [4.69, 9.17) is 4.74 Å². The highest BCUT2D eigenvalue weighted by Crippen LogP contribution is 2.31. The van der Waals surface area contributed by atoms with Gasteiger partial charge in [-0.2, -0.15) is 0 Å². The minimum Gasteiger partial charge on any atom is -0.498 e. The summed E-state index contributed by atoms with van der Waals surface area (Å²) in [7, 11) is 0. The first-order chi connectivity index (χ1) is 8.56. The van der Waals surface area contributed by atoms with Crippen molar-refractivity contribution in [3.05, 3.63) is 40.9 Å². The maximum atomic E-state index is 13.6. The summed E-state index contributed by atoms with van der Waals surface area (Å²) in [5.74, 6) is -2.20. The lowest BCUT2D eigenvalue weighted by Crippen LogP contribution is -2.24. The number of rotatable bonds is 2. The molecule has 0 N–H and O–H groups in total. The van der Waals surface area contributed by atoms with Crippen molar-refractivity contribution < 1.29 is 23.5 Å². The molecular formula is C13H11FO4. The van der Waals surface area contributed by atoms with Gasteiger partial charge in [-0.05, 0) is 19.9 Å². The molecule has 5 heteroatoms. The number of carbonyl (C=O) groups excluding carboxylic acids is 2. The summed E-state index contributed by atoms with van der Waals surface area (Å²) in [6, 6.07) is 4.07. The highest BCUT2D eigenvalue weighted by Gasteiger charge is 2.34. The average Bonchev–Trinajstić information content (AvgIpc) is 2.28. The van der Waals surface area contributed by atoms with E-state index in [1.54, 1.807) is 13.8 Å². The van der Waals surface area contributed by atoms with Gasteiger partial charge in [0, 0.05) is 5.56 Å². The van der Waals surface area contributed by atoms with Gasteiger partial charge < -0.3 is 9.47 Å². The quantitative estimate of drug-likeness (QED) is 0.350. The van der Waals surface area contributed by atoms with Gasteiger partial charge in [-0.3, -0.25) is 0 Å².